The van der Waals surface area contributed by atoms with E-state index >= 15 is 0 Å². The highest BCUT2D eigenvalue weighted by Gasteiger charge is 2.41. The second-order valence-electron chi connectivity index (χ2n) is 7.11. The van der Waals surface area contributed by atoms with E-state index in [0.29, 0.717) is 11.4 Å². The Labute approximate surface area is 167 Å². The van der Waals surface area contributed by atoms with Gasteiger partial charge in [0.2, 0.25) is 6.23 Å². The molecule has 2 aliphatic rings. The fourth-order valence-electron chi connectivity index (χ4n) is 3.84. The molecule has 0 spiro atoms. The average molecular weight is 392 g/mol. The molecule has 0 saturated carbocycles. The van der Waals surface area contributed by atoms with E-state index in [9.17, 15) is 5.11 Å². The Morgan fingerprint density at radius 1 is 1.18 bits per heavy atom. The van der Waals surface area contributed by atoms with Gasteiger partial charge < -0.3 is 9.84 Å². The van der Waals surface area contributed by atoms with E-state index in [1.165, 1.54) is 0 Å². The number of halogens is 1. The minimum absolute atomic E-state index is 0.0254. The van der Waals surface area contributed by atoms with E-state index < -0.39 is 6.23 Å². The minimum atomic E-state index is -0.392. The minimum Gasteiger partial charge on any atom is -0.507 e. The predicted octanol–water partition coefficient (Wildman–Crippen LogP) is 4.99. The maximum Gasteiger partial charge on any atom is 0.215 e. The molecule has 1 N–H and O–H groups in total. The summed E-state index contributed by atoms with van der Waals surface area (Å²) in [6.07, 6.45) is 3.79. The molecule has 2 aliphatic heterocycles. The first-order valence-corrected chi connectivity index (χ1v) is 9.50. The van der Waals surface area contributed by atoms with Crippen molar-refractivity contribution in [2.24, 2.45) is 5.10 Å². The smallest absolute Gasteiger partial charge is 0.215 e. The Morgan fingerprint density at radius 3 is 2.89 bits per heavy atom. The van der Waals surface area contributed by atoms with Crippen molar-refractivity contribution in [2.45, 2.75) is 25.6 Å². The number of phenols is 1. The second-order valence-corrected chi connectivity index (χ2v) is 7.54. The van der Waals surface area contributed by atoms with Crippen LogP contribution in [0.15, 0.2) is 66.0 Å². The van der Waals surface area contributed by atoms with Gasteiger partial charge in [-0.15, -0.1) is 0 Å². The third-order valence-corrected chi connectivity index (χ3v) is 5.42. The molecule has 2 atom stereocenters. The summed E-state index contributed by atoms with van der Waals surface area (Å²) in [7, 11) is 0. The van der Waals surface area contributed by atoms with Crippen molar-refractivity contribution >= 4 is 17.3 Å². The summed E-state index contributed by atoms with van der Waals surface area (Å²) >= 11 is 6.26. The lowest BCUT2D eigenvalue weighted by molar-refractivity contribution is -0.0192. The van der Waals surface area contributed by atoms with Crippen LogP contribution in [-0.2, 0) is 0 Å². The number of hydrogen-bond donors (Lipinski definition) is 1. The molecule has 0 amide bonds. The number of aromatic nitrogens is 1. The monoisotopic (exact) mass is 391 g/mol. The van der Waals surface area contributed by atoms with Gasteiger partial charge in [0.15, 0.2) is 0 Å². The number of aromatic hydroxyl groups is 1. The molecule has 3 heterocycles. The molecular formula is C22H18ClN3O2. The van der Waals surface area contributed by atoms with Gasteiger partial charge in [0, 0.05) is 40.5 Å². The van der Waals surface area contributed by atoms with Gasteiger partial charge in [0.05, 0.1) is 11.8 Å². The summed E-state index contributed by atoms with van der Waals surface area (Å²) in [4.78, 5) is 4.23. The first-order chi connectivity index (χ1) is 13.6. The summed E-state index contributed by atoms with van der Waals surface area (Å²) in [5, 5.41) is 17.9. The normalized spacial score (nSPS) is 20.2. The zero-order chi connectivity index (χ0) is 19.3. The van der Waals surface area contributed by atoms with Crippen molar-refractivity contribution in [3.05, 3.63) is 88.2 Å². The molecule has 2 aromatic carbocycles. The number of phenolic OH excluding ortho intramolecular Hbond substituents is 1. The molecule has 1 aromatic heterocycles. The Hall–Kier alpha value is -3.05. The molecule has 0 fully saturated rings. The number of nitrogens with zero attached hydrogens (tertiary/aromatic N) is 3. The molecule has 5 rings (SSSR count). The summed E-state index contributed by atoms with van der Waals surface area (Å²) in [5.41, 5.74) is 4.58. The largest absolute Gasteiger partial charge is 0.507 e. The standard InChI is InChI=1S/C22H18ClN3O2/c1-13-4-6-20(27)16(9-13)18-11-19-17-10-15(23)5-7-21(17)28-22(26(19)25-18)14-3-2-8-24-12-14/h2-10,12,19,22,27H,11H2,1H3/t19-,22+/m0/s1. The van der Waals surface area contributed by atoms with Crippen LogP contribution in [-0.4, -0.2) is 20.8 Å². The summed E-state index contributed by atoms with van der Waals surface area (Å²) in [6.45, 7) is 2.00. The first-order valence-electron chi connectivity index (χ1n) is 9.12. The Morgan fingerprint density at radius 2 is 2.07 bits per heavy atom. The number of ether oxygens (including phenoxy) is 1. The lowest BCUT2D eigenvalue weighted by Gasteiger charge is -2.38. The number of rotatable bonds is 2. The van der Waals surface area contributed by atoms with E-state index in [4.69, 9.17) is 21.4 Å². The number of hydrogen-bond acceptors (Lipinski definition) is 5. The predicted molar refractivity (Wildman–Crippen MR) is 108 cm³/mol. The lowest BCUT2D eigenvalue weighted by atomic mass is 9.95. The quantitative estimate of drug-likeness (QED) is 0.668. The molecule has 140 valence electrons. The van der Waals surface area contributed by atoms with E-state index in [1.54, 1.807) is 18.5 Å². The van der Waals surface area contributed by atoms with Crippen molar-refractivity contribution in [3.8, 4) is 11.5 Å². The number of hydrazone groups is 1. The summed E-state index contributed by atoms with van der Waals surface area (Å²) in [6, 6.07) is 15.1. The molecular weight excluding hydrogens is 374 g/mol. The van der Waals surface area contributed by atoms with Gasteiger partial charge in [-0.2, -0.15) is 5.10 Å². The van der Waals surface area contributed by atoms with Crippen LogP contribution in [0.3, 0.4) is 0 Å². The third kappa shape index (κ3) is 2.79. The third-order valence-electron chi connectivity index (χ3n) is 5.18. The zero-order valence-electron chi connectivity index (χ0n) is 15.2. The molecule has 0 aliphatic carbocycles. The molecule has 0 saturated heterocycles. The van der Waals surface area contributed by atoms with Crippen molar-refractivity contribution in [2.75, 3.05) is 0 Å². The topological polar surface area (TPSA) is 58.0 Å². The first kappa shape index (κ1) is 17.1. The lowest BCUT2D eigenvalue weighted by Crippen LogP contribution is -2.33. The highest BCUT2D eigenvalue weighted by molar-refractivity contribution is 6.30. The van der Waals surface area contributed by atoms with E-state index in [0.717, 1.165) is 33.7 Å². The fourth-order valence-corrected chi connectivity index (χ4v) is 4.02. The Bertz CT molecular complexity index is 1080. The van der Waals surface area contributed by atoms with Crippen LogP contribution >= 0.6 is 11.6 Å². The van der Waals surface area contributed by atoms with Crippen LogP contribution in [0, 0.1) is 6.92 Å². The highest BCUT2D eigenvalue weighted by Crippen LogP contribution is 2.48. The molecule has 0 unspecified atom stereocenters. The van der Waals surface area contributed by atoms with Crippen LogP contribution in [0.4, 0.5) is 0 Å². The Balaban J connectivity index is 1.63. The fraction of sp³-hybridized carbons (Fsp3) is 0.182. The highest BCUT2D eigenvalue weighted by atomic mass is 35.5. The molecule has 28 heavy (non-hydrogen) atoms. The van der Waals surface area contributed by atoms with Crippen LogP contribution in [0.1, 0.15) is 40.9 Å². The van der Waals surface area contributed by atoms with Gasteiger partial charge in [-0.25, -0.2) is 5.01 Å². The van der Waals surface area contributed by atoms with Gasteiger partial charge in [-0.1, -0.05) is 29.3 Å². The van der Waals surface area contributed by atoms with Gasteiger partial charge >= 0.3 is 0 Å². The number of aryl methyl sites for hydroxylation is 1. The second kappa shape index (κ2) is 6.53. The summed E-state index contributed by atoms with van der Waals surface area (Å²) < 4.78 is 6.28. The summed E-state index contributed by atoms with van der Waals surface area (Å²) in [5.74, 6) is 1.03. The zero-order valence-corrected chi connectivity index (χ0v) is 16.0. The van der Waals surface area contributed by atoms with E-state index in [-0.39, 0.29) is 11.8 Å². The SMILES string of the molecule is Cc1ccc(O)c(C2=NN3[C@@H](c4cccnc4)Oc4ccc(Cl)cc4[C@@H]3C2)c1. The average Bonchev–Trinajstić information content (AvgIpc) is 3.15. The van der Waals surface area contributed by atoms with Crippen LogP contribution in [0.5, 0.6) is 11.5 Å². The molecule has 0 bridgehead atoms. The van der Waals surface area contributed by atoms with E-state index in [2.05, 4.69) is 4.98 Å². The molecule has 3 aromatic rings. The maximum atomic E-state index is 10.4. The van der Waals surface area contributed by atoms with Gasteiger partial charge in [0.25, 0.3) is 0 Å². The van der Waals surface area contributed by atoms with Gasteiger partial charge in [-0.3, -0.25) is 4.98 Å². The van der Waals surface area contributed by atoms with Crippen LogP contribution < -0.4 is 4.74 Å². The number of pyridine rings is 1. The Kier molecular flexibility index (Phi) is 3.98. The molecule has 0 radical (unpaired) electrons. The van der Waals surface area contributed by atoms with Gasteiger partial charge in [-0.05, 0) is 43.3 Å². The van der Waals surface area contributed by atoms with Crippen LogP contribution in [0.25, 0.3) is 0 Å². The van der Waals surface area contributed by atoms with E-state index in [1.807, 2.05) is 54.4 Å². The number of fused-ring (bicyclic) bond motifs is 3. The van der Waals surface area contributed by atoms with Crippen molar-refractivity contribution < 1.29 is 9.84 Å². The molecule has 6 heteroatoms. The molecule has 5 nitrogen and oxygen atoms in total. The van der Waals surface area contributed by atoms with Crippen molar-refractivity contribution in [3.63, 3.8) is 0 Å². The van der Waals surface area contributed by atoms with Crippen LogP contribution in [0.2, 0.25) is 5.02 Å². The van der Waals surface area contributed by atoms with Crippen molar-refractivity contribution in [1.82, 2.24) is 9.99 Å². The maximum absolute atomic E-state index is 10.4. The number of benzene rings is 2. The van der Waals surface area contributed by atoms with Gasteiger partial charge in [0.1, 0.15) is 11.5 Å². The van der Waals surface area contributed by atoms with Crippen molar-refractivity contribution in [1.29, 1.82) is 0 Å².